The van der Waals surface area contributed by atoms with E-state index in [1.165, 1.54) is 10.1 Å². The smallest absolute Gasteiger partial charge is 0.125 e. The highest BCUT2D eigenvalue weighted by Gasteiger charge is 2.11. The summed E-state index contributed by atoms with van der Waals surface area (Å²) in [4.78, 5) is 1.15. The molecule has 4 rings (SSSR count). The topological polar surface area (TPSA) is 48.9 Å². The molecule has 0 amide bonds. The van der Waals surface area contributed by atoms with Crippen LogP contribution in [-0.4, -0.2) is 15.3 Å². The molecule has 0 saturated carbocycles. The maximum atomic E-state index is 10.0. The molecular formula is C18H14N2OS. The SMILES string of the molecule is Cc1ccc(O)c(-c2cc(-c3cc4ccccc4s3)[nH]n2)c1. The lowest BCUT2D eigenvalue weighted by atomic mass is 10.1. The van der Waals surface area contributed by atoms with Crippen LogP contribution in [0.15, 0.2) is 54.6 Å². The van der Waals surface area contributed by atoms with E-state index in [1.54, 1.807) is 17.4 Å². The molecule has 0 spiro atoms. The molecule has 0 unspecified atom stereocenters. The number of fused-ring (bicyclic) bond motifs is 1. The van der Waals surface area contributed by atoms with Crippen LogP contribution in [0.2, 0.25) is 0 Å². The fourth-order valence-corrected chi connectivity index (χ4v) is 3.58. The molecule has 0 fully saturated rings. The summed E-state index contributed by atoms with van der Waals surface area (Å²) in [6, 6.07) is 18.0. The lowest BCUT2D eigenvalue weighted by Gasteiger charge is -2.01. The summed E-state index contributed by atoms with van der Waals surface area (Å²) in [6.45, 7) is 2.00. The van der Waals surface area contributed by atoms with E-state index >= 15 is 0 Å². The standard InChI is InChI=1S/C18H14N2OS/c1-11-6-7-16(21)13(8-11)14-10-15(20-19-14)18-9-12-4-2-3-5-17(12)22-18/h2-10,21H,1H3,(H,19,20). The molecule has 0 radical (unpaired) electrons. The van der Waals surface area contributed by atoms with Crippen LogP contribution in [0.1, 0.15) is 5.56 Å². The fourth-order valence-electron chi connectivity index (χ4n) is 2.56. The second kappa shape index (κ2) is 5.00. The number of aryl methyl sites for hydroxylation is 1. The second-order valence-electron chi connectivity index (χ2n) is 5.34. The Labute approximate surface area is 131 Å². The highest BCUT2D eigenvalue weighted by atomic mass is 32.1. The zero-order valence-electron chi connectivity index (χ0n) is 12.0. The van der Waals surface area contributed by atoms with Crippen molar-refractivity contribution in [2.75, 3.05) is 0 Å². The second-order valence-corrected chi connectivity index (χ2v) is 6.42. The third-order valence-corrected chi connectivity index (χ3v) is 4.85. The fraction of sp³-hybridized carbons (Fsp3) is 0.0556. The molecule has 2 heterocycles. The third-order valence-electron chi connectivity index (χ3n) is 3.70. The van der Waals surface area contributed by atoms with Gasteiger partial charge in [-0.1, -0.05) is 29.8 Å². The van der Waals surface area contributed by atoms with Crippen LogP contribution in [0.4, 0.5) is 0 Å². The molecule has 0 atom stereocenters. The third kappa shape index (κ3) is 2.18. The number of H-pyrrole nitrogens is 1. The Bertz CT molecular complexity index is 935. The van der Waals surface area contributed by atoms with Gasteiger partial charge in [0.2, 0.25) is 0 Å². The van der Waals surface area contributed by atoms with Gasteiger partial charge in [-0.15, -0.1) is 11.3 Å². The monoisotopic (exact) mass is 306 g/mol. The van der Waals surface area contributed by atoms with E-state index in [0.29, 0.717) is 0 Å². The first-order valence-corrected chi connectivity index (χ1v) is 7.87. The van der Waals surface area contributed by atoms with E-state index in [1.807, 2.05) is 37.3 Å². The predicted octanol–water partition coefficient (Wildman–Crippen LogP) is 4.97. The van der Waals surface area contributed by atoms with Crippen molar-refractivity contribution in [3.8, 4) is 27.6 Å². The van der Waals surface area contributed by atoms with Crippen LogP contribution in [0.25, 0.3) is 31.9 Å². The molecular weight excluding hydrogens is 292 g/mol. The van der Waals surface area contributed by atoms with Crippen molar-refractivity contribution in [2.45, 2.75) is 6.92 Å². The Morgan fingerprint density at radius 1 is 1.05 bits per heavy atom. The van der Waals surface area contributed by atoms with Gasteiger partial charge in [-0.2, -0.15) is 5.10 Å². The number of hydrogen-bond donors (Lipinski definition) is 2. The molecule has 3 nitrogen and oxygen atoms in total. The number of hydrogen-bond acceptors (Lipinski definition) is 3. The number of rotatable bonds is 2. The summed E-state index contributed by atoms with van der Waals surface area (Å²) in [5.74, 6) is 0.250. The molecule has 108 valence electrons. The van der Waals surface area contributed by atoms with Gasteiger partial charge in [0.1, 0.15) is 5.75 Å². The number of thiophene rings is 1. The molecule has 2 aromatic heterocycles. The summed E-state index contributed by atoms with van der Waals surface area (Å²) in [7, 11) is 0. The van der Waals surface area contributed by atoms with Crippen molar-refractivity contribution < 1.29 is 5.11 Å². The normalized spacial score (nSPS) is 11.1. The molecule has 0 aliphatic rings. The van der Waals surface area contributed by atoms with Gasteiger partial charge >= 0.3 is 0 Å². The molecule has 2 N–H and O–H groups in total. The summed E-state index contributed by atoms with van der Waals surface area (Å²) in [6.07, 6.45) is 0. The minimum atomic E-state index is 0.250. The Morgan fingerprint density at radius 3 is 2.77 bits per heavy atom. The van der Waals surface area contributed by atoms with E-state index in [4.69, 9.17) is 0 Å². The van der Waals surface area contributed by atoms with Gasteiger partial charge < -0.3 is 5.11 Å². The van der Waals surface area contributed by atoms with E-state index in [0.717, 1.165) is 27.4 Å². The minimum Gasteiger partial charge on any atom is -0.507 e. The molecule has 0 saturated heterocycles. The number of nitrogens with one attached hydrogen (secondary N) is 1. The maximum Gasteiger partial charge on any atom is 0.125 e. The van der Waals surface area contributed by atoms with Crippen molar-refractivity contribution in [3.63, 3.8) is 0 Å². The summed E-state index contributed by atoms with van der Waals surface area (Å²) in [5.41, 5.74) is 3.58. The van der Waals surface area contributed by atoms with Crippen LogP contribution >= 0.6 is 11.3 Å². The average molecular weight is 306 g/mol. The van der Waals surface area contributed by atoms with Crippen LogP contribution in [0, 0.1) is 6.92 Å². The average Bonchev–Trinajstić information content (AvgIpc) is 3.15. The number of benzene rings is 2. The minimum absolute atomic E-state index is 0.250. The number of aromatic hydroxyl groups is 1. The highest BCUT2D eigenvalue weighted by Crippen LogP contribution is 2.35. The Kier molecular flexibility index (Phi) is 2.98. The molecule has 22 heavy (non-hydrogen) atoms. The number of aromatic nitrogens is 2. The van der Waals surface area contributed by atoms with E-state index < -0.39 is 0 Å². The highest BCUT2D eigenvalue weighted by molar-refractivity contribution is 7.22. The lowest BCUT2D eigenvalue weighted by Crippen LogP contribution is -1.81. The number of phenols is 1. The molecule has 0 bridgehead atoms. The lowest BCUT2D eigenvalue weighted by molar-refractivity contribution is 0.477. The Morgan fingerprint density at radius 2 is 1.91 bits per heavy atom. The molecule has 4 aromatic rings. The quantitative estimate of drug-likeness (QED) is 0.549. The maximum absolute atomic E-state index is 10.0. The van der Waals surface area contributed by atoms with Crippen LogP contribution < -0.4 is 0 Å². The van der Waals surface area contributed by atoms with Gasteiger partial charge in [-0.25, -0.2) is 0 Å². The predicted molar refractivity (Wildman–Crippen MR) is 91.2 cm³/mol. The van der Waals surface area contributed by atoms with Gasteiger partial charge in [0, 0.05) is 10.3 Å². The van der Waals surface area contributed by atoms with Crippen LogP contribution in [-0.2, 0) is 0 Å². The Hall–Kier alpha value is -2.59. The first kappa shape index (κ1) is 13.1. The summed E-state index contributed by atoms with van der Waals surface area (Å²) in [5, 5.41) is 18.7. The van der Waals surface area contributed by atoms with E-state index in [2.05, 4.69) is 28.4 Å². The van der Waals surface area contributed by atoms with Crippen molar-refractivity contribution in [1.82, 2.24) is 10.2 Å². The molecule has 0 aliphatic carbocycles. The summed E-state index contributed by atoms with van der Waals surface area (Å²) >= 11 is 1.73. The van der Waals surface area contributed by atoms with Crippen molar-refractivity contribution >= 4 is 21.4 Å². The van der Waals surface area contributed by atoms with Crippen molar-refractivity contribution in [1.29, 1.82) is 0 Å². The number of phenolic OH excluding ortho intramolecular Hbond substituents is 1. The van der Waals surface area contributed by atoms with Crippen molar-refractivity contribution in [2.24, 2.45) is 0 Å². The number of aromatic amines is 1. The molecule has 4 heteroatoms. The van der Waals surface area contributed by atoms with Gasteiger partial charge in [0.05, 0.1) is 16.3 Å². The number of nitrogens with zero attached hydrogens (tertiary/aromatic N) is 1. The summed E-state index contributed by atoms with van der Waals surface area (Å²) < 4.78 is 1.26. The van der Waals surface area contributed by atoms with Crippen LogP contribution in [0.5, 0.6) is 5.75 Å². The Balaban J connectivity index is 1.79. The molecule has 0 aliphatic heterocycles. The van der Waals surface area contributed by atoms with Gasteiger partial charge in [0.25, 0.3) is 0 Å². The first-order valence-electron chi connectivity index (χ1n) is 7.05. The largest absolute Gasteiger partial charge is 0.507 e. The zero-order valence-corrected chi connectivity index (χ0v) is 12.8. The van der Waals surface area contributed by atoms with Crippen molar-refractivity contribution in [3.05, 3.63) is 60.2 Å². The van der Waals surface area contributed by atoms with Gasteiger partial charge in [-0.3, -0.25) is 5.10 Å². The van der Waals surface area contributed by atoms with E-state index in [-0.39, 0.29) is 5.75 Å². The zero-order chi connectivity index (χ0) is 15.1. The van der Waals surface area contributed by atoms with Crippen LogP contribution in [0.3, 0.4) is 0 Å². The first-order chi connectivity index (χ1) is 10.7. The van der Waals surface area contributed by atoms with E-state index in [9.17, 15) is 5.11 Å². The van der Waals surface area contributed by atoms with Gasteiger partial charge in [-0.05, 0) is 42.6 Å². The van der Waals surface area contributed by atoms with Gasteiger partial charge in [0.15, 0.2) is 0 Å². The molecule has 2 aromatic carbocycles.